The summed E-state index contributed by atoms with van der Waals surface area (Å²) in [4.78, 5) is 21.5. The van der Waals surface area contributed by atoms with Crippen molar-refractivity contribution >= 4 is 23.4 Å². The van der Waals surface area contributed by atoms with Crippen molar-refractivity contribution in [1.82, 2.24) is 24.9 Å². The lowest BCUT2D eigenvalue weighted by Gasteiger charge is -2.35. The number of piperazine rings is 1. The van der Waals surface area contributed by atoms with Crippen molar-refractivity contribution in [2.45, 2.75) is 26.3 Å². The summed E-state index contributed by atoms with van der Waals surface area (Å²) in [6.45, 7) is 6.67. The lowest BCUT2D eigenvalue weighted by atomic mass is 10.0. The quantitative estimate of drug-likeness (QED) is 0.569. The molecule has 10 heteroatoms. The van der Waals surface area contributed by atoms with Gasteiger partial charge in [-0.3, -0.25) is 5.10 Å². The van der Waals surface area contributed by atoms with Gasteiger partial charge >= 0.3 is 0 Å². The Hall–Kier alpha value is -3.79. The Kier molecular flexibility index (Phi) is 7.45. The number of guanidine groups is 1. The molecule has 4 heterocycles. The molecule has 1 unspecified atom stereocenters. The van der Waals surface area contributed by atoms with E-state index < -0.39 is 0 Å². The second kappa shape index (κ2) is 11.1. The van der Waals surface area contributed by atoms with Crippen LogP contribution in [0.3, 0.4) is 0 Å². The molecule has 37 heavy (non-hydrogen) atoms. The van der Waals surface area contributed by atoms with E-state index in [1.807, 2.05) is 25.2 Å². The zero-order valence-electron chi connectivity index (χ0n) is 21.6. The Morgan fingerprint density at radius 3 is 2.65 bits per heavy atom. The molecule has 0 spiro atoms. The molecule has 1 aromatic carbocycles. The van der Waals surface area contributed by atoms with E-state index in [0.29, 0.717) is 24.1 Å². The number of amidine groups is 2. The summed E-state index contributed by atoms with van der Waals surface area (Å²) in [6.07, 6.45) is 3.39. The van der Waals surface area contributed by atoms with E-state index in [-0.39, 0.29) is 11.7 Å². The fourth-order valence-corrected chi connectivity index (χ4v) is 4.66. The highest BCUT2D eigenvalue weighted by atomic mass is 19.1. The third kappa shape index (κ3) is 6.14. The van der Waals surface area contributed by atoms with Gasteiger partial charge in [0.2, 0.25) is 0 Å². The molecule has 1 fully saturated rings. The summed E-state index contributed by atoms with van der Waals surface area (Å²) in [5.41, 5.74) is 1.75. The lowest BCUT2D eigenvalue weighted by molar-refractivity contribution is 0.213. The standard InChI is InChI=1S/C27H33FN8O/c1-19-6-11-25(36-14-12-34(2)13-15-36)30-27(29-24-17-22(32-33-24)23-5-4-16-37-23)31-26(19)35(3)18-20-7-9-21(28)10-8-20/h4-5,7-10,16-17,19H,6,11-15,18H2,1-3H3,(H,32,33). The Balaban J connectivity index is 1.48. The van der Waals surface area contributed by atoms with Gasteiger partial charge in [0.25, 0.3) is 5.96 Å². The monoisotopic (exact) mass is 504 g/mol. The molecule has 2 aliphatic rings. The maximum absolute atomic E-state index is 13.4. The topological polar surface area (TPSA) is 88.6 Å². The number of furan rings is 1. The number of H-pyrrole nitrogens is 1. The summed E-state index contributed by atoms with van der Waals surface area (Å²) < 4.78 is 18.9. The van der Waals surface area contributed by atoms with Crippen molar-refractivity contribution in [2.75, 3.05) is 40.3 Å². The van der Waals surface area contributed by atoms with E-state index in [4.69, 9.17) is 19.4 Å². The van der Waals surface area contributed by atoms with Crippen molar-refractivity contribution in [3.8, 4) is 11.5 Å². The fraction of sp³-hybridized carbons (Fsp3) is 0.407. The van der Waals surface area contributed by atoms with Crippen molar-refractivity contribution < 1.29 is 8.81 Å². The second-order valence-corrected chi connectivity index (χ2v) is 9.74. The largest absolute Gasteiger partial charge is 0.463 e. The van der Waals surface area contributed by atoms with Crippen LogP contribution in [0.25, 0.3) is 11.5 Å². The van der Waals surface area contributed by atoms with Crippen LogP contribution in [-0.4, -0.2) is 82.8 Å². The highest BCUT2D eigenvalue weighted by molar-refractivity contribution is 6.04. The Morgan fingerprint density at radius 1 is 1.14 bits per heavy atom. The van der Waals surface area contributed by atoms with E-state index >= 15 is 0 Å². The highest BCUT2D eigenvalue weighted by Crippen LogP contribution is 2.23. The van der Waals surface area contributed by atoms with Crippen molar-refractivity contribution in [1.29, 1.82) is 0 Å². The molecule has 9 nitrogen and oxygen atoms in total. The molecule has 0 amide bonds. The average molecular weight is 505 g/mol. The van der Waals surface area contributed by atoms with Crippen LogP contribution in [0.15, 0.2) is 68.1 Å². The SMILES string of the molecule is CC1CCC(N2CCN(C)CC2)=NC(=Nc2cc(-c3ccco3)[nH]n2)N=C1N(C)Cc1ccc(F)cc1. The second-order valence-electron chi connectivity index (χ2n) is 9.74. The number of hydrogen-bond donors (Lipinski definition) is 1. The van der Waals surface area contributed by atoms with Gasteiger partial charge in [0.15, 0.2) is 11.6 Å². The zero-order chi connectivity index (χ0) is 25.8. The van der Waals surface area contributed by atoms with Gasteiger partial charge in [-0.05, 0) is 43.3 Å². The summed E-state index contributed by atoms with van der Waals surface area (Å²) in [7, 11) is 4.15. The van der Waals surface area contributed by atoms with Crippen LogP contribution in [0, 0.1) is 11.7 Å². The third-order valence-corrected chi connectivity index (χ3v) is 6.84. The number of hydrogen-bond acceptors (Lipinski definition) is 6. The molecule has 0 bridgehead atoms. The first-order valence-corrected chi connectivity index (χ1v) is 12.7. The van der Waals surface area contributed by atoms with E-state index in [1.165, 1.54) is 12.1 Å². The first-order valence-electron chi connectivity index (χ1n) is 12.7. The van der Waals surface area contributed by atoms with Gasteiger partial charge in [0.05, 0.1) is 6.26 Å². The molecular formula is C27H33FN8O. The molecule has 2 aliphatic heterocycles. The van der Waals surface area contributed by atoms with Crippen molar-refractivity contribution in [3.05, 3.63) is 60.1 Å². The van der Waals surface area contributed by atoms with Crippen LogP contribution in [-0.2, 0) is 6.54 Å². The van der Waals surface area contributed by atoms with E-state index in [2.05, 4.69) is 38.9 Å². The predicted molar refractivity (Wildman–Crippen MR) is 144 cm³/mol. The molecule has 5 rings (SSSR count). The van der Waals surface area contributed by atoms with Crippen LogP contribution in [0.1, 0.15) is 25.3 Å². The molecule has 0 aliphatic carbocycles. The van der Waals surface area contributed by atoms with E-state index in [0.717, 1.165) is 61.9 Å². The maximum Gasteiger partial charge on any atom is 0.254 e. The van der Waals surface area contributed by atoms with Crippen LogP contribution in [0.5, 0.6) is 0 Å². The summed E-state index contributed by atoms with van der Waals surface area (Å²) in [6, 6.07) is 12.1. The molecule has 1 saturated heterocycles. The van der Waals surface area contributed by atoms with Crippen LogP contribution in [0.2, 0.25) is 0 Å². The number of aromatic amines is 1. The minimum Gasteiger partial charge on any atom is -0.463 e. The normalized spacial score (nSPS) is 20.4. The number of nitrogens with zero attached hydrogens (tertiary/aromatic N) is 7. The lowest BCUT2D eigenvalue weighted by Crippen LogP contribution is -2.47. The van der Waals surface area contributed by atoms with Gasteiger partial charge in [0.1, 0.15) is 23.2 Å². The molecule has 0 saturated carbocycles. The summed E-state index contributed by atoms with van der Waals surface area (Å²) in [5.74, 6) is 3.41. The number of benzene rings is 1. The van der Waals surface area contributed by atoms with Crippen molar-refractivity contribution in [2.24, 2.45) is 20.9 Å². The molecule has 194 valence electrons. The summed E-state index contributed by atoms with van der Waals surface area (Å²) >= 11 is 0. The smallest absolute Gasteiger partial charge is 0.254 e. The zero-order valence-corrected chi connectivity index (χ0v) is 21.6. The van der Waals surface area contributed by atoms with Gasteiger partial charge < -0.3 is 19.1 Å². The third-order valence-electron chi connectivity index (χ3n) is 6.84. The average Bonchev–Trinajstić information content (AvgIpc) is 3.58. The summed E-state index contributed by atoms with van der Waals surface area (Å²) in [5, 5.41) is 7.33. The highest BCUT2D eigenvalue weighted by Gasteiger charge is 2.24. The molecular weight excluding hydrogens is 471 g/mol. The maximum atomic E-state index is 13.4. The number of halogens is 1. The van der Waals surface area contributed by atoms with Crippen LogP contribution in [0.4, 0.5) is 10.2 Å². The number of aliphatic imine (C=N–C) groups is 3. The van der Waals surface area contributed by atoms with Crippen molar-refractivity contribution in [3.63, 3.8) is 0 Å². The van der Waals surface area contributed by atoms with E-state index in [1.54, 1.807) is 18.4 Å². The molecule has 0 radical (unpaired) electrons. The van der Waals surface area contributed by atoms with Gasteiger partial charge in [-0.15, -0.1) is 0 Å². The minimum atomic E-state index is -0.240. The Labute approximate surface area is 216 Å². The minimum absolute atomic E-state index is 0.187. The van der Waals surface area contributed by atoms with E-state index in [9.17, 15) is 4.39 Å². The van der Waals surface area contributed by atoms with Gasteiger partial charge in [-0.1, -0.05) is 19.1 Å². The number of aromatic nitrogens is 2. The fourth-order valence-electron chi connectivity index (χ4n) is 4.66. The van der Waals surface area contributed by atoms with Crippen LogP contribution >= 0.6 is 0 Å². The molecule has 3 aromatic rings. The predicted octanol–water partition coefficient (Wildman–Crippen LogP) is 4.40. The Morgan fingerprint density at radius 2 is 1.92 bits per heavy atom. The first-order chi connectivity index (χ1) is 17.9. The number of likely N-dealkylation sites (N-methyl/N-ethyl adjacent to an activating group) is 1. The first kappa shape index (κ1) is 24.9. The Bertz CT molecular complexity index is 1270. The number of rotatable bonds is 4. The van der Waals surface area contributed by atoms with Crippen LogP contribution < -0.4 is 0 Å². The number of nitrogens with one attached hydrogen (secondary N) is 1. The van der Waals surface area contributed by atoms with Gasteiger partial charge in [-0.2, -0.15) is 20.1 Å². The van der Waals surface area contributed by atoms with Gasteiger partial charge in [-0.25, -0.2) is 4.39 Å². The molecule has 1 atom stereocenters. The molecule has 1 N–H and O–H groups in total. The van der Waals surface area contributed by atoms with Gasteiger partial charge in [0, 0.05) is 58.2 Å². The molecule has 2 aromatic heterocycles.